The molecule has 0 aliphatic carbocycles. The highest BCUT2D eigenvalue weighted by atomic mass is 35.5. The van der Waals surface area contributed by atoms with E-state index in [1.807, 2.05) is 24.3 Å². The SMILES string of the molecule is O=C(CSc1nnc(-c2n[nH]c3ccccc23)o1)Nc1ccc(Cl)cc1F. The molecule has 0 bridgehead atoms. The Morgan fingerprint density at radius 2 is 2.11 bits per heavy atom. The van der Waals surface area contributed by atoms with E-state index in [2.05, 4.69) is 25.7 Å². The van der Waals surface area contributed by atoms with Crippen molar-refractivity contribution < 1.29 is 13.6 Å². The van der Waals surface area contributed by atoms with E-state index < -0.39 is 11.7 Å². The number of hydrogen-bond acceptors (Lipinski definition) is 6. The maximum absolute atomic E-state index is 13.7. The van der Waals surface area contributed by atoms with E-state index in [0.717, 1.165) is 28.7 Å². The lowest BCUT2D eigenvalue weighted by Gasteiger charge is -2.05. The lowest BCUT2D eigenvalue weighted by molar-refractivity contribution is -0.113. The Hall–Kier alpha value is -2.91. The lowest BCUT2D eigenvalue weighted by atomic mass is 10.2. The normalized spacial score (nSPS) is 11.0. The Morgan fingerprint density at radius 3 is 2.96 bits per heavy atom. The van der Waals surface area contributed by atoms with E-state index in [9.17, 15) is 9.18 Å². The molecule has 0 saturated heterocycles. The van der Waals surface area contributed by atoms with Gasteiger partial charge >= 0.3 is 0 Å². The number of halogens is 2. The van der Waals surface area contributed by atoms with Crippen LogP contribution < -0.4 is 5.32 Å². The molecule has 4 rings (SSSR count). The van der Waals surface area contributed by atoms with Gasteiger partial charge in [-0.05, 0) is 24.3 Å². The van der Waals surface area contributed by atoms with Crippen LogP contribution >= 0.6 is 23.4 Å². The molecule has 136 valence electrons. The van der Waals surface area contributed by atoms with Crippen molar-refractivity contribution >= 4 is 45.9 Å². The molecule has 4 aromatic rings. The minimum atomic E-state index is -0.605. The maximum Gasteiger partial charge on any atom is 0.277 e. The van der Waals surface area contributed by atoms with Crippen LogP contribution in [0.25, 0.3) is 22.5 Å². The Balaban J connectivity index is 1.41. The van der Waals surface area contributed by atoms with Crippen LogP contribution in [0.3, 0.4) is 0 Å². The molecule has 0 fully saturated rings. The third-order valence-electron chi connectivity index (χ3n) is 3.61. The second-order valence-electron chi connectivity index (χ2n) is 5.45. The summed E-state index contributed by atoms with van der Waals surface area (Å²) in [5.74, 6) is -0.790. The van der Waals surface area contributed by atoms with Gasteiger partial charge in [0, 0.05) is 10.4 Å². The number of nitrogens with zero attached hydrogens (tertiary/aromatic N) is 3. The van der Waals surface area contributed by atoms with Crippen molar-refractivity contribution in [2.45, 2.75) is 5.22 Å². The van der Waals surface area contributed by atoms with Gasteiger partial charge in [-0.25, -0.2) is 4.39 Å². The first kappa shape index (κ1) is 17.5. The Morgan fingerprint density at radius 1 is 1.26 bits per heavy atom. The fraction of sp³-hybridized carbons (Fsp3) is 0.0588. The molecule has 0 unspecified atom stereocenters. The number of nitrogens with one attached hydrogen (secondary N) is 2. The quantitative estimate of drug-likeness (QED) is 0.486. The molecular formula is C17H11ClFN5O2S. The first-order valence-electron chi connectivity index (χ1n) is 7.75. The largest absolute Gasteiger partial charge is 0.409 e. The van der Waals surface area contributed by atoms with Gasteiger partial charge in [-0.1, -0.05) is 41.6 Å². The van der Waals surface area contributed by atoms with E-state index in [-0.39, 0.29) is 27.6 Å². The third kappa shape index (κ3) is 3.79. The van der Waals surface area contributed by atoms with Crippen LogP contribution in [0.2, 0.25) is 5.02 Å². The summed E-state index contributed by atoms with van der Waals surface area (Å²) in [6.07, 6.45) is 0. The van der Waals surface area contributed by atoms with Gasteiger partial charge in [0.15, 0.2) is 5.69 Å². The number of aromatic amines is 1. The Kier molecular flexibility index (Phi) is 4.78. The molecule has 2 aromatic heterocycles. The number of para-hydroxylation sites is 1. The number of thioether (sulfide) groups is 1. The summed E-state index contributed by atoms with van der Waals surface area (Å²) in [6.45, 7) is 0. The smallest absolute Gasteiger partial charge is 0.277 e. The van der Waals surface area contributed by atoms with Gasteiger partial charge < -0.3 is 9.73 Å². The molecule has 0 spiro atoms. The van der Waals surface area contributed by atoms with Crippen molar-refractivity contribution in [2.24, 2.45) is 0 Å². The van der Waals surface area contributed by atoms with Crippen LogP contribution in [0, 0.1) is 5.82 Å². The number of fused-ring (bicyclic) bond motifs is 1. The van der Waals surface area contributed by atoms with Gasteiger partial charge in [-0.15, -0.1) is 10.2 Å². The molecule has 2 aromatic carbocycles. The Labute approximate surface area is 161 Å². The van der Waals surface area contributed by atoms with Crippen LogP contribution in [-0.2, 0) is 4.79 Å². The highest BCUT2D eigenvalue weighted by Gasteiger charge is 2.16. The zero-order chi connectivity index (χ0) is 18.8. The van der Waals surface area contributed by atoms with Crippen LogP contribution in [0.1, 0.15) is 0 Å². The fourth-order valence-corrected chi connectivity index (χ4v) is 3.12. The molecule has 0 atom stereocenters. The number of amides is 1. The van der Waals surface area contributed by atoms with E-state index in [0.29, 0.717) is 5.69 Å². The van der Waals surface area contributed by atoms with Crippen molar-refractivity contribution in [3.8, 4) is 11.6 Å². The monoisotopic (exact) mass is 403 g/mol. The molecule has 27 heavy (non-hydrogen) atoms. The second kappa shape index (κ2) is 7.37. The molecule has 2 N–H and O–H groups in total. The standard InChI is InChI=1S/C17H11ClFN5O2S/c18-9-5-6-13(11(19)7-9)20-14(25)8-27-17-24-23-16(26-17)15-10-3-1-2-4-12(10)21-22-15/h1-7H,8H2,(H,20,25)(H,21,22). The minimum Gasteiger partial charge on any atom is -0.409 e. The van der Waals surface area contributed by atoms with Crippen molar-refractivity contribution in [1.29, 1.82) is 0 Å². The molecule has 0 radical (unpaired) electrons. The van der Waals surface area contributed by atoms with Gasteiger partial charge in [-0.2, -0.15) is 5.10 Å². The van der Waals surface area contributed by atoms with Gasteiger partial charge in [0.2, 0.25) is 5.91 Å². The summed E-state index contributed by atoms with van der Waals surface area (Å²) < 4.78 is 19.3. The number of rotatable bonds is 5. The molecule has 7 nitrogen and oxygen atoms in total. The molecule has 0 aliphatic rings. The van der Waals surface area contributed by atoms with E-state index in [1.54, 1.807) is 0 Å². The average Bonchev–Trinajstić information content (AvgIpc) is 3.29. The van der Waals surface area contributed by atoms with Gasteiger partial charge in [0.25, 0.3) is 11.1 Å². The third-order valence-corrected chi connectivity index (χ3v) is 4.66. The van der Waals surface area contributed by atoms with Crippen LogP contribution in [0.15, 0.2) is 52.1 Å². The van der Waals surface area contributed by atoms with Gasteiger partial charge in [0.05, 0.1) is 17.0 Å². The number of benzene rings is 2. The summed E-state index contributed by atoms with van der Waals surface area (Å²) in [6, 6.07) is 11.6. The maximum atomic E-state index is 13.7. The highest BCUT2D eigenvalue weighted by molar-refractivity contribution is 7.99. The average molecular weight is 404 g/mol. The molecule has 0 aliphatic heterocycles. The summed E-state index contributed by atoms with van der Waals surface area (Å²) in [5, 5.41) is 18.7. The summed E-state index contributed by atoms with van der Waals surface area (Å²) in [5.41, 5.74) is 1.45. The van der Waals surface area contributed by atoms with Crippen LogP contribution in [0.4, 0.5) is 10.1 Å². The second-order valence-corrected chi connectivity index (χ2v) is 6.81. The molecule has 0 saturated carbocycles. The zero-order valence-corrected chi connectivity index (χ0v) is 15.1. The first-order valence-corrected chi connectivity index (χ1v) is 9.11. The summed E-state index contributed by atoms with van der Waals surface area (Å²) in [4.78, 5) is 12.0. The Bertz CT molecular complexity index is 1130. The summed E-state index contributed by atoms with van der Waals surface area (Å²) >= 11 is 6.73. The number of carbonyl (C=O) groups excluding carboxylic acids is 1. The predicted molar refractivity (Wildman–Crippen MR) is 100 cm³/mol. The van der Waals surface area contributed by atoms with Crippen molar-refractivity contribution in [2.75, 3.05) is 11.1 Å². The van der Waals surface area contributed by atoms with Crippen molar-refractivity contribution in [3.05, 3.63) is 53.3 Å². The summed E-state index contributed by atoms with van der Waals surface area (Å²) in [7, 11) is 0. The number of anilines is 1. The van der Waals surface area contributed by atoms with Crippen molar-refractivity contribution in [3.63, 3.8) is 0 Å². The van der Waals surface area contributed by atoms with E-state index in [1.165, 1.54) is 12.1 Å². The number of hydrogen-bond donors (Lipinski definition) is 2. The molecular weight excluding hydrogens is 393 g/mol. The lowest BCUT2D eigenvalue weighted by Crippen LogP contribution is -2.15. The van der Waals surface area contributed by atoms with Crippen molar-refractivity contribution in [1.82, 2.24) is 20.4 Å². The van der Waals surface area contributed by atoms with Gasteiger partial charge in [0.1, 0.15) is 5.82 Å². The predicted octanol–water partition coefficient (Wildman–Crippen LogP) is 4.14. The zero-order valence-electron chi connectivity index (χ0n) is 13.6. The number of H-pyrrole nitrogens is 1. The van der Waals surface area contributed by atoms with E-state index >= 15 is 0 Å². The number of carbonyl (C=O) groups is 1. The fourth-order valence-electron chi connectivity index (χ4n) is 2.39. The highest BCUT2D eigenvalue weighted by Crippen LogP contribution is 2.27. The topological polar surface area (TPSA) is 96.7 Å². The number of aromatic nitrogens is 4. The molecule has 1 amide bonds. The first-order chi connectivity index (χ1) is 13.1. The van der Waals surface area contributed by atoms with Gasteiger partial charge in [-0.3, -0.25) is 9.89 Å². The van der Waals surface area contributed by atoms with Crippen LogP contribution in [0.5, 0.6) is 0 Å². The minimum absolute atomic E-state index is 0.0228. The van der Waals surface area contributed by atoms with E-state index in [4.69, 9.17) is 16.0 Å². The molecule has 2 heterocycles. The van der Waals surface area contributed by atoms with Crippen LogP contribution in [-0.4, -0.2) is 32.1 Å². The molecule has 10 heteroatoms.